The number of hydrogen-bond donors (Lipinski definition) is 6. The molecule has 1 aromatic heterocycles. The molecule has 0 saturated heterocycles. The van der Waals surface area contributed by atoms with Crippen molar-refractivity contribution >= 4 is 17.8 Å². The molecule has 1 aromatic rings. The Kier molecular flexibility index (Phi) is 8.02. The third kappa shape index (κ3) is 6.16. The number of aromatic nitrogens is 2. The number of H-pyrrole nitrogens is 1. The standard InChI is InChI=1S/C15H25N5O5/c1-3-8(2)12(14(23)19-11(6-21)15(24)25)20-13(22)10(16)4-9-5-17-7-18-9/h5,7-8,10-12,21H,3-4,6,16H2,1-2H3,(H,17,18)(H,19,23)(H,20,22)(H,24,25). The van der Waals surface area contributed by atoms with Crippen LogP contribution in [-0.2, 0) is 20.8 Å². The molecule has 1 heterocycles. The van der Waals surface area contributed by atoms with Gasteiger partial charge in [0, 0.05) is 18.3 Å². The number of carbonyl (C=O) groups excluding carboxylic acids is 2. The van der Waals surface area contributed by atoms with Gasteiger partial charge in [-0.15, -0.1) is 0 Å². The zero-order valence-electron chi connectivity index (χ0n) is 14.2. The summed E-state index contributed by atoms with van der Waals surface area (Å²) in [6, 6.07) is -3.29. The second-order valence-electron chi connectivity index (χ2n) is 5.84. The molecule has 4 unspecified atom stereocenters. The largest absolute Gasteiger partial charge is 0.480 e. The first kappa shape index (κ1) is 20.6. The first-order valence-electron chi connectivity index (χ1n) is 7.97. The number of hydrogen-bond acceptors (Lipinski definition) is 6. The van der Waals surface area contributed by atoms with E-state index in [1.165, 1.54) is 6.33 Å². The molecular weight excluding hydrogens is 330 g/mol. The average Bonchev–Trinajstić information content (AvgIpc) is 3.08. The van der Waals surface area contributed by atoms with Gasteiger partial charge in [-0.2, -0.15) is 0 Å². The smallest absolute Gasteiger partial charge is 0.328 e. The molecule has 1 rings (SSSR count). The Hall–Kier alpha value is -2.46. The van der Waals surface area contributed by atoms with Crippen LogP contribution in [0.3, 0.4) is 0 Å². The van der Waals surface area contributed by atoms with Crippen LogP contribution in [-0.4, -0.2) is 62.7 Å². The number of amides is 2. The molecule has 0 radical (unpaired) electrons. The lowest BCUT2D eigenvalue weighted by Gasteiger charge is -2.26. The maximum Gasteiger partial charge on any atom is 0.328 e. The zero-order chi connectivity index (χ0) is 19.0. The number of rotatable bonds is 10. The summed E-state index contributed by atoms with van der Waals surface area (Å²) in [4.78, 5) is 42.2. The van der Waals surface area contributed by atoms with Crippen molar-refractivity contribution in [1.82, 2.24) is 20.6 Å². The second kappa shape index (κ2) is 9.74. The Labute approximate surface area is 145 Å². The highest BCUT2D eigenvalue weighted by Gasteiger charge is 2.30. The van der Waals surface area contributed by atoms with Gasteiger partial charge in [0.05, 0.1) is 19.0 Å². The Morgan fingerprint density at radius 2 is 2.00 bits per heavy atom. The van der Waals surface area contributed by atoms with Crippen LogP contribution in [0.5, 0.6) is 0 Å². The van der Waals surface area contributed by atoms with E-state index in [0.717, 1.165) is 0 Å². The van der Waals surface area contributed by atoms with Crippen molar-refractivity contribution in [2.45, 2.75) is 44.8 Å². The van der Waals surface area contributed by atoms with Crippen molar-refractivity contribution in [3.05, 3.63) is 18.2 Å². The van der Waals surface area contributed by atoms with Gasteiger partial charge < -0.3 is 31.6 Å². The molecule has 7 N–H and O–H groups in total. The van der Waals surface area contributed by atoms with Gasteiger partial charge in [-0.25, -0.2) is 9.78 Å². The van der Waals surface area contributed by atoms with Crippen molar-refractivity contribution in [3.63, 3.8) is 0 Å². The minimum atomic E-state index is -1.44. The average molecular weight is 355 g/mol. The van der Waals surface area contributed by atoms with E-state index in [2.05, 4.69) is 20.6 Å². The van der Waals surface area contributed by atoms with Gasteiger partial charge >= 0.3 is 5.97 Å². The minimum Gasteiger partial charge on any atom is -0.480 e. The number of aliphatic hydroxyl groups is 1. The molecule has 0 fully saturated rings. The molecule has 4 atom stereocenters. The number of aliphatic carboxylic acids is 1. The van der Waals surface area contributed by atoms with Gasteiger partial charge in [0.25, 0.3) is 0 Å². The molecule has 0 aliphatic rings. The highest BCUT2D eigenvalue weighted by molar-refractivity contribution is 5.92. The summed E-state index contributed by atoms with van der Waals surface area (Å²) in [5, 5.41) is 22.7. The van der Waals surface area contributed by atoms with Crippen molar-refractivity contribution in [2.75, 3.05) is 6.61 Å². The Balaban J connectivity index is 2.75. The molecule has 0 aliphatic carbocycles. The van der Waals surface area contributed by atoms with Crippen LogP contribution in [0, 0.1) is 5.92 Å². The van der Waals surface area contributed by atoms with E-state index in [1.807, 2.05) is 6.92 Å². The lowest BCUT2D eigenvalue weighted by molar-refractivity contribution is -0.143. The van der Waals surface area contributed by atoms with Crippen molar-refractivity contribution < 1.29 is 24.6 Å². The van der Waals surface area contributed by atoms with E-state index in [0.29, 0.717) is 12.1 Å². The molecule has 0 bridgehead atoms. The van der Waals surface area contributed by atoms with Crippen LogP contribution in [0.25, 0.3) is 0 Å². The van der Waals surface area contributed by atoms with E-state index >= 15 is 0 Å². The monoisotopic (exact) mass is 355 g/mol. The number of nitrogens with zero attached hydrogens (tertiary/aromatic N) is 1. The Bertz CT molecular complexity index is 577. The summed E-state index contributed by atoms with van der Waals surface area (Å²) in [5.41, 5.74) is 6.53. The molecule has 10 heteroatoms. The second-order valence-corrected chi connectivity index (χ2v) is 5.84. The highest BCUT2D eigenvalue weighted by atomic mass is 16.4. The Morgan fingerprint density at radius 1 is 1.32 bits per heavy atom. The maximum absolute atomic E-state index is 12.3. The number of carboxylic acid groups (broad SMARTS) is 1. The molecule has 0 aliphatic heterocycles. The molecule has 2 amide bonds. The third-order valence-corrected chi connectivity index (χ3v) is 3.92. The summed E-state index contributed by atoms with van der Waals surface area (Å²) < 4.78 is 0. The number of aromatic amines is 1. The minimum absolute atomic E-state index is 0.217. The van der Waals surface area contributed by atoms with Crippen molar-refractivity contribution in [2.24, 2.45) is 11.7 Å². The van der Waals surface area contributed by atoms with Crippen molar-refractivity contribution in [1.29, 1.82) is 0 Å². The third-order valence-electron chi connectivity index (χ3n) is 3.92. The summed E-state index contributed by atoms with van der Waals surface area (Å²) in [6.07, 6.45) is 3.81. The molecule has 0 saturated carbocycles. The van der Waals surface area contributed by atoms with Crippen LogP contribution in [0.1, 0.15) is 26.0 Å². The number of nitrogens with one attached hydrogen (secondary N) is 3. The summed E-state index contributed by atoms with van der Waals surface area (Å²) >= 11 is 0. The fraction of sp³-hybridized carbons (Fsp3) is 0.600. The summed E-state index contributed by atoms with van der Waals surface area (Å²) in [7, 11) is 0. The first-order valence-corrected chi connectivity index (χ1v) is 7.97. The van der Waals surface area contributed by atoms with Crippen LogP contribution >= 0.6 is 0 Å². The number of imidazole rings is 1. The normalized spacial score (nSPS) is 15.7. The molecular formula is C15H25N5O5. The van der Waals surface area contributed by atoms with Crippen LogP contribution in [0.4, 0.5) is 0 Å². The highest BCUT2D eigenvalue weighted by Crippen LogP contribution is 2.09. The van der Waals surface area contributed by atoms with Gasteiger partial charge in [-0.3, -0.25) is 9.59 Å². The van der Waals surface area contributed by atoms with E-state index < -0.39 is 42.5 Å². The van der Waals surface area contributed by atoms with Gasteiger partial charge in [0.15, 0.2) is 0 Å². The number of carboxylic acids is 1. The number of carbonyl (C=O) groups is 3. The number of nitrogens with two attached hydrogens (primary N) is 1. The molecule has 10 nitrogen and oxygen atoms in total. The predicted octanol–water partition coefficient (Wildman–Crippen LogP) is -1.63. The van der Waals surface area contributed by atoms with Gasteiger partial charge in [0.1, 0.15) is 12.1 Å². The van der Waals surface area contributed by atoms with Crippen LogP contribution in [0.2, 0.25) is 0 Å². The van der Waals surface area contributed by atoms with E-state index in [4.69, 9.17) is 15.9 Å². The summed E-state index contributed by atoms with van der Waals surface area (Å²) in [5.74, 6) is -2.83. The topological polar surface area (TPSA) is 170 Å². The zero-order valence-corrected chi connectivity index (χ0v) is 14.2. The van der Waals surface area contributed by atoms with E-state index in [-0.39, 0.29) is 12.3 Å². The molecule has 25 heavy (non-hydrogen) atoms. The van der Waals surface area contributed by atoms with Crippen LogP contribution < -0.4 is 16.4 Å². The lowest BCUT2D eigenvalue weighted by atomic mass is 9.97. The van der Waals surface area contributed by atoms with E-state index in [1.54, 1.807) is 13.1 Å². The quantitative estimate of drug-likeness (QED) is 0.292. The SMILES string of the molecule is CCC(C)C(NC(=O)C(N)Cc1cnc[nH]1)C(=O)NC(CO)C(=O)O. The fourth-order valence-corrected chi connectivity index (χ4v) is 2.14. The summed E-state index contributed by atoms with van der Waals surface area (Å²) in [6.45, 7) is 2.84. The predicted molar refractivity (Wildman–Crippen MR) is 88.3 cm³/mol. The van der Waals surface area contributed by atoms with Gasteiger partial charge in [0.2, 0.25) is 11.8 Å². The van der Waals surface area contributed by atoms with Gasteiger partial charge in [-0.05, 0) is 5.92 Å². The maximum atomic E-state index is 12.3. The molecule has 0 aromatic carbocycles. The van der Waals surface area contributed by atoms with E-state index in [9.17, 15) is 14.4 Å². The lowest BCUT2D eigenvalue weighted by Crippen LogP contribution is -2.57. The fourth-order valence-electron chi connectivity index (χ4n) is 2.14. The van der Waals surface area contributed by atoms with Crippen molar-refractivity contribution in [3.8, 4) is 0 Å². The molecule has 140 valence electrons. The van der Waals surface area contributed by atoms with Crippen LogP contribution in [0.15, 0.2) is 12.5 Å². The first-order chi connectivity index (χ1) is 11.8. The Morgan fingerprint density at radius 3 is 2.48 bits per heavy atom. The van der Waals surface area contributed by atoms with Gasteiger partial charge in [-0.1, -0.05) is 20.3 Å². The number of aliphatic hydroxyl groups excluding tert-OH is 1. The molecule has 0 spiro atoms.